The molecule has 0 unspecified atom stereocenters. The van der Waals surface area contributed by atoms with Gasteiger partial charge in [0.1, 0.15) is 22.2 Å². The van der Waals surface area contributed by atoms with Gasteiger partial charge >= 0.3 is 0 Å². The molecule has 0 spiro atoms. The Bertz CT molecular complexity index is 1150. The molecule has 3 aromatic rings. The van der Waals surface area contributed by atoms with E-state index in [1.165, 1.54) is 23.6 Å². The maximum Gasteiger partial charge on any atom is 0.223 e. The number of ether oxygens (including phenoxy) is 2. The number of aliphatic hydroxyl groups is 2. The topological polar surface area (TPSA) is 110 Å². The first-order valence-corrected chi connectivity index (χ1v) is 11.0. The van der Waals surface area contributed by atoms with Crippen molar-refractivity contribution in [2.75, 3.05) is 11.9 Å². The molecule has 0 saturated carbocycles. The van der Waals surface area contributed by atoms with Gasteiger partial charge in [-0.1, -0.05) is 11.6 Å². The van der Waals surface area contributed by atoms with E-state index in [0.717, 1.165) is 0 Å². The number of fused-ring (bicyclic) bond motifs is 3. The van der Waals surface area contributed by atoms with Crippen molar-refractivity contribution in [2.24, 2.45) is 0 Å². The fourth-order valence-corrected chi connectivity index (χ4v) is 4.94. The second-order valence-corrected chi connectivity index (χ2v) is 9.65. The Kier molecular flexibility index (Phi) is 5.11. The SMILES string of the molecule is CC(C)(O)c1nc2c(F)cc(-c3nc(N[C@@H]4C[C@H]5CO[C@H](O5)[C@H]4O)ncc3Cl)cc2s1. The number of nitrogens with zero attached hydrogens (tertiary/aromatic N) is 3. The third kappa shape index (κ3) is 3.88. The van der Waals surface area contributed by atoms with Gasteiger partial charge in [0.15, 0.2) is 12.1 Å². The van der Waals surface area contributed by atoms with Crippen LogP contribution in [0.15, 0.2) is 18.3 Å². The summed E-state index contributed by atoms with van der Waals surface area (Å²) >= 11 is 7.53. The second kappa shape index (κ2) is 7.58. The van der Waals surface area contributed by atoms with Crippen LogP contribution >= 0.6 is 22.9 Å². The Hall–Kier alpha value is -1.95. The van der Waals surface area contributed by atoms with Crippen molar-refractivity contribution in [2.45, 2.75) is 50.4 Å². The number of anilines is 1. The molecule has 0 aliphatic carbocycles. The quantitative estimate of drug-likeness (QED) is 0.538. The number of thiazole rings is 1. The molecule has 1 aromatic carbocycles. The Morgan fingerprint density at radius 3 is 2.90 bits per heavy atom. The molecular weight excluding hydrogens is 447 g/mol. The molecule has 11 heteroatoms. The number of rotatable bonds is 4. The minimum absolute atomic E-state index is 0.0922. The van der Waals surface area contributed by atoms with Crippen LogP contribution < -0.4 is 5.32 Å². The van der Waals surface area contributed by atoms with Crippen LogP contribution in [0.4, 0.5) is 10.3 Å². The second-order valence-electron chi connectivity index (χ2n) is 8.21. The molecule has 164 valence electrons. The summed E-state index contributed by atoms with van der Waals surface area (Å²) in [7, 11) is 0. The molecular formula is C20H20ClFN4O4S. The lowest BCUT2D eigenvalue weighted by molar-refractivity contribution is -0.156. The Balaban J connectivity index is 1.48. The Morgan fingerprint density at radius 2 is 2.13 bits per heavy atom. The van der Waals surface area contributed by atoms with Crippen molar-refractivity contribution < 1.29 is 24.1 Å². The summed E-state index contributed by atoms with van der Waals surface area (Å²) in [5, 5.41) is 24.4. The first-order chi connectivity index (χ1) is 14.7. The zero-order valence-corrected chi connectivity index (χ0v) is 18.2. The van der Waals surface area contributed by atoms with E-state index in [1.807, 2.05) is 0 Å². The van der Waals surface area contributed by atoms with Crippen LogP contribution in [0.5, 0.6) is 0 Å². The fourth-order valence-electron chi connectivity index (χ4n) is 3.72. The van der Waals surface area contributed by atoms with Gasteiger partial charge < -0.3 is 25.0 Å². The van der Waals surface area contributed by atoms with Crippen molar-refractivity contribution >= 4 is 39.1 Å². The maximum absolute atomic E-state index is 14.8. The molecule has 2 aliphatic rings. The molecule has 2 fully saturated rings. The van der Waals surface area contributed by atoms with E-state index in [1.54, 1.807) is 19.9 Å². The molecule has 3 N–H and O–H groups in total. The molecule has 0 radical (unpaired) electrons. The summed E-state index contributed by atoms with van der Waals surface area (Å²) in [6.45, 7) is 3.64. The van der Waals surface area contributed by atoms with Gasteiger partial charge in [-0.05, 0) is 32.4 Å². The molecule has 31 heavy (non-hydrogen) atoms. The highest BCUT2D eigenvalue weighted by Gasteiger charge is 2.43. The van der Waals surface area contributed by atoms with Gasteiger partial charge in [-0.15, -0.1) is 11.3 Å². The van der Waals surface area contributed by atoms with E-state index in [0.29, 0.717) is 34.0 Å². The molecule has 5 rings (SSSR count). The number of aliphatic hydroxyl groups excluding tert-OH is 1. The molecule has 2 aliphatic heterocycles. The van der Waals surface area contributed by atoms with Crippen molar-refractivity contribution in [1.29, 1.82) is 0 Å². The average Bonchev–Trinajstić information content (AvgIpc) is 3.32. The standard InChI is InChI=1S/C20H20ClFN4O4S/c1-20(2,28)18-25-15-11(22)3-8(4-13(15)31-18)14-10(21)6-23-19(26-14)24-12-5-9-7-29-17(30-9)16(12)27/h3-4,6,9,12,16-17,27-28H,5,7H2,1-2H3,(H,23,24,26)/t9-,12+,16-,17+/m0/s1. The van der Waals surface area contributed by atoms with Crippen molar-refractivity contribution in [3.8, 4) is 11.3 Å². The number of hydrogen-bond donors (Lipinski definition) is 3. The van der Waals surface area contributed by atoms with Crippen LogP contribution in [0.1, 0.15) is 25.3 Å². The van der Waals surface area contributed by atoms with E-state index in [2.05, 4.69) is 20.3 Å². The summed E-state index contributed by atoms with van der Waals surface area (Å²) in [5.41, 5.74) is -0.176. The number of hydrogen-bond acceptors (Lipinski definition) is 9. The normalized spacial score (nSPS) is 25.9. The number of halogens is 2. The van der Waals surface area contributed by atoms with E-state index in [4.69, 9.17) is 21.1 Å². The van der Waals surface area contributed by atoms with Gasteiger partial charge in [0.05, 0.1) is 40.4 Å². The zero-order chi connectivity index (χ0) is 21.9. The van der Waals surface area contributed by atoms with Gasteiger partial charge in [0.25, 0.3) is 0 Å². The minimum atomic E-state index is -1.17. The van der Waals surface area contributed by atoms with E-state index in [-0.39, 0.29) is 28.6 Å². The van der Waals surface area contributed by atoms with Crippen LogP contribution in [0.3, 0.4) is 0 Å². The molecule has 2 saturated heterocycles. The van der Waals surface area contributed by atoms with Gasteiger partial charge in [0.2, 0.25) is 5.95 Å². The maximum atomic E-state index is 14.8. The highest BCUT2D eigenvalue weighted by molar-refractivity contribution is 7.18. The summed E-state index contributed by atoms with van der Waals surface area (Å²) in [6, 6.07) is 2.70. The predicted molar refractivity (Wildman–Crippen MR) is 114 cm³/mol. The lowest BCUT2D eigenvalue weighted by Gasteiger charge is -2.32. The van der Waals surface area contributed by atoms with E-state index in [9.17, 15) is 14.6 Å². The van der Waals surface area contributed by atoms with Crippen LogP contribution in [0.25, 0.3) is 21.5 Å². The Morgan fingerprint density at radius 1 is 1.32 bits per heavy atom. The van der Waals surface area contributed by atoms with Gasteiger partial charge in [-0.3, -0.25) is 0 Å². The minimum Gasteiger partial charge on any atom is -0.386 e. The molecule has 2 aromatic heterocycles. The largest absolute Gasteiger partial charge is 0.386 e. The smallest absolute Gasteiger partial charge is 0.223 e. The molecule has 2 bridgehead atoms. The van der Waals surface area contributed by atoms with Crippen molar-refractivity contribution in [3.05, 3.63) is 34.2 Å². The highest BCUT2D eigenvalue weighted by Crippen LogP contribution is 2.36. The van der Waals surface area contributed by atoms with Crippen LogP contribution in [0, 0.1) is 5.82 Å². The first kappa shape index (κ1) is 20.9. The molecule has 4 heterocycles. The highest BCUT2D eigenvalue weighted by atomic mass is 35.5. The summed E-state index contributed by atoms with van der Waals surface area (Å²) in [6.07, 6.45) is 0.342. The van der Waals surface area contributed by atoms with Crippen LogP contribution in [-0.4, -0.2) is 56.3 Å². The molecule has 8 nitrogen and oxygen atoms in total. The summed E-state index contributed by atoms with van der Waals surface area (Å²) < 4.78 is 26.3. The predicted octanol–water partition coefficient (Wildman–Crippen LogP) is 3.06. The van der Waals surface area contributed by atoms with E-state index < -0.39 is 23.8 Å². The van der Waals surface area contributed by atoms with Crippen molar-refractivity contribution in [1.82, 2.24) is 15.0 Å². The van der Waals surface area contributed by atoms with Crippen LogP contribution in [0.2, 0.25) is 5.02 Å². The molecule has 0 amide bonds. The third-order valence-corrected chi connectivity index (χ3v) is 6.88. The van der Waals surface area contributed by atoms with Crippen LogP contribution in [-0.2, 0) is 15.1 Å². The molecule has 4 atom stereocenters. The summed E-state index contributed by atoms with van der Waals surface area (Å²) in [4.78, 5) is 12.9. The number of aromatic nitrogens is 3. The monoisotopic (exact) mass is 466 g/mol. The zero-order valence-electron chi connectivity index (χ0n) is 16.7. The van der Waals surface area contributed by atoms with Crippen molar-refractivity contribution in [3.63, 3.8) is 0 Å². The summed E-state index contributed by atoms with van der Waals surface area (Å²) in [5.74, 6) is -0.274. The number of nitrogens with one attached hydrogen (secondary N) is 1. The van der Waals surface area contributed by atoms with Gasteiger partial charge in [0, 0.05) is 5.56 Å². The van der Waals surface area contributed by atoms with Gasteiger partial charge in [-0.2, -0.15) is 0 Å². The van der Waals surface area contributed by atoms with Gasteiger partial charge in [-0.25, -0.2) is 19.3 Å². The lowest BCUT2D eigenvalue weighted by Crippen LogP contribution is -2.48. The lowest BCUT2D eigenvalue weighted by atomic mass is 10.0. The first-order valence-electron chi connectivity index (χ1n) is 9.76. The fraction of sp³-hybridized carbons (Fsp3) is 0.450. The van der Waals surface area contributed by atoms with E-state index >= 15 is 0 Å². The average molecular weight is 467 g/mol. The Labute approximate surface area is 186 Å². The third-order valence-electron chi connectivity index (χ3n) is 5.28. The number of benzene rings is 1.